The Morgan fingerprint density at radius 1 is 1.75 bits per heavy atom. The molecule has 8 heavy (non-hydrogen) atoms. The normalized spacial score (nSPS) is 17.2. The summed E-state index contributed by atoms with van der Waals surface area (Å²) in [6.45, 7) is 3.15. The van der Waals surface area contributed by atoms with E-state index in [1.165, 1.54) is 11.8 Å². The molecule has 0 aliphatic carbocycles. The second-order valence-corrected chi connectivity index (χ2v) is 2.68. The summed E-state index contributed by atoms with van der Waals surface area (Å²) in [7, 11) is 0. The number of rotatable bonds is 1. The van der Waals surface area contributed by atoms with E-state index in [0.29, 0.717) is 4.74 Å². The Bertz CT molecular complexity index is 135. The van der Waals surface area contributed by atoms with Crippen LogP contribution in [0.3, 0.4) is 0 Å². The van der Waals surface area contributed by atoms with Gasteiger partial charge < -0.3 is 5.21 Å². The van der Waals surface area contributed by atoms with E-state index in [1.54, 1.807) is 0 Å². The maximum absolute atomic E-state index is 10.2. The highest BCUT2D eigenvalue weighted by Gasteiger charge is 2.10. The number of hydrogen-bond acceptors (Lipinski definition) is 2. The van der Waals surface area contributed by atoms with Gasteiger partial charge in [-0.15, -0.1) is 0 Å². The van der Waals surface area contributed by atoms with Crippen LogP contribution in [-0.2, 0) is 0 Å². The van der Waals surface area contributed by atoms with Gasteiger partial charge in [-0.25, -0.2) is 0 Å². The first-order chi connectivity index (χ1) is 3.79. The van der Waals surface area contributed by atoms with Crippen molar-refractivity contribution >= 4 is 18.5 Å². The molecule has 0 spiro atoms. The Hall–Kier alpha value is -0.440. The predicted octanol–water partition coefficient (Wildman–Crippen LogP) is 0.828. The molecular weight excluding hydrogens is 122 g/mol. The highest BCUT2D eigenvalue weighted by atomic mass is 32.2. The van der Waals surface area contributed by atoms with Crippen LogP contribution < -0.4 is 0 Å². The molecule has 2 nitrogen and oxygen atoms in total. The van der Waals surface area contributed by atoms with Crippen LogP contribution in [-0.4, -0.2) is 23.0 Å². The molecule has 1 aliphatic heterocycles. The van der Waals surface area contributed by atoms with Gasteiger partial charge in [0.1, 0.15) is 6.72 Å². The highest BCUT2D eigenvalue weighted by Crippen LogP contribution is 2.22. The van der Waals surface area contributed by atoms with Gasteiger partial charge in [-0.1, -0.05) is 0 Å². The third-order valence-electron chi connectivity index (χ3n) is 0.901. The van der Waals surface area contributed by atoms with E-state index in [4.69, 9.17) is 0 Å². The van der Waals surface area contributed by atoms with Crippen LogP contribution in [0.5, 0.6) is 0 Å². The molecule has 0 aromatic heterocycles. The molecule has 0 atom stereocenters. The molecule has 1 saturated heterocycles. The fourth-order valence-corrected chi connectivity index (χ4v) is 1.09. The van der Waals surface area contributed by atoms with E-state index in [0.717, 1.165) is 11.5 Å². The molecule has 0 aromatic rings. The molecular formula is C5H7NOS. The molecule has 0 radical (unpaired) electrons. The molecule has 1 fully saturated rings. The van der Waals surface area contributed by atoms with Gasteiger partial charge in [0.05, 0.1) is 0 Å². The number of hydroxylamine groups is 1. The number of nitrogens with zero attached hydrogens (tertiary/aromatic N) is 1. The summed E-state index contributed by atoms with van der Waals surface area (Å²) in [6.07, 6.45) is 1.54. The summed E-state index contributed by atoms with van der Waals surface area (Å²) in [4.78, 5) is 0. The zero-order valence-electron chi connectivity index (χ0n) is 4.46. The SMILES string of the molecule is C=[N+]([O-])C=C1CSC1. The zero-order valence-corrected chi connectivity index (χ0v) is 5.28. The minimum absolute atomic E-state index is 0.606. The Kier molecular flexibility index (Phi) is 1.58. The predicted molar refractivity (Wildman–Crippen MR) is 36.2 cm³/mol. The summed E-state index contributed by atoms with van der Waals surface area (Å²) in [5.74, 6) is 2.02. The maximum Gasteiger partial charge on any atom is 0.180 e. The second kappa shape index (κ2) is 2.22. The standard InChI is InChI=1S/C5H7NOS/c1-6(7)2-5-3-8-4-5/h2H,1,3-4H2. The topological polar surface area (TPSA) is 26.1 Å². The molecule has 1 rings (SSSR count). The van der Waals surface area contributed by atoms with Gasteiger partial charge in [0.25, 0.3) is 0 Å². The molecule has 1 aliphatic rings. The molecule has 44 valence electrons. The van der Waals surface area contributed by atoms with Crippen molar-refractivity contribution in [2.45, 2.75) is 0 Å². The molecule has 0 N–H and O–H groups in total. The highest BCUT2D eigenvalue weighted by molar-refractivity contribution is 8.01. The van der Waals surface area contributed by atoms with Crippen molar-refractivity contribution in [1.82, 2.24) is 0 Å². The van der Waals surface area contributed by atoms with E-state index >= 15 is 0 Å². The van der Waals surface area contributed by atoms with Gasteiger partial charge in [0, 0.05) is 17.1 Å². The van der Waals surface area contributed by atoms with Gasteiger partial charge in [-0.2, -0.15) is 16.5 Å². The summed E-state index contributed by atoms with van der Waals surface area (Å²) in [6, 6.07) is 0. The zero-order chi connectivity index (χ0) is 5.98. The lowest BCUT2D eigenvalue weighted by Gasteiger charge is -2.12. The number of thioether (sulfide) groups is 1. The van der Waals surface area contributed by atoms with E-state index in [2.05, 4.69) is 6.72 Å². The van der Waals surface area contributed by atoms with Crippen molar-refractivity contribution in [3.05, 3.63) is 17.0 Å². The van der Waals surface area contributed by atoms with Crippen LogP contribution in [0.25, 0.3) is 0 Å². The van der Waals surface area contributed by atoms with Gasteiger partial charge in [-0.3, -0.25) is 0 Å². The summed E-state index contributed by atoms with van der Waals surface area (Å²) >= 11 is 1.83. The van der Waals surface area contributed by atoms with Crippen molar-refractivity contribution in [2.75, 3.05) is 11.5 Å². The third kappa shape index (κ3) is 1.26. The van der Waals surface area contributed by atoms with Crippen LogP contribution in [0, 0.1) is 5.21 Å². The van der Waals surface area contributed by atoms with E-state index in [1.807, 2.05) is 11.8 Å². The van der Waals surface area contributed by atoms with E-state index in [9.17, 15) is 5.21 Å². The van der Waals surface area contributed by atoms with Crippen LogP contribution in [0.2, 0.25) is 0 Å². The largest absolute Gasteiger partial charge is 0.619 e. The monoisotopic (exact) mass is 129 g/mol. The average Bonchev–Trinajstić information content (AvgIpc) is 1.55. The van der Waals surface area contributed by atoms with Crippen LogP contribution in [0.1, 0.15) is 0 Å². The summed E-state index contributed by atoms with van der Waals surface area (Å²) < 4.78 is 0.606. The fraction of sp³-hybridized carbons (Fsp3) is 0.400. The van der Waals surface area contributed by atoms with Gasteiger partial charge in [-0.05, 0) is 0 Å². The molecule has 0 saturated carbocycles. The quantitative estimate of drug-likeness (QED) is 0.227. The fourth-order valence-electron chi connectivity index (χ4n) is 0.498. The Morgan fingerprint density at radius 2 is 2.38 bits per heavy atom. The lowest BCUT2D eigenvalue weighted by molar-refractivity contribution is -0.368. The molecule has 1 heterocycles. The van der Waals surface area contributed by atoms with Crippen LogP contribution in [0.4, 0.5) is 0 Å². The first-order valence-electron chi connectivity index (χ1n) is 2.33. The van der Waals surface area contributed by atoms with Gasteiger partial charge >= 0.3 is 0 Å². The van der Waals surface area contributed by atoms with Gasteiger partial charge in [0.2, 0.25) is 0 Å². The van der Waals surface area contributed by atoms with Crippen LogP contribution >= 0.6 is 11.8 Å². The van der Waals surface area contributed by atoms with Crippen molar-refractivity contribution < 1.29 is 4.74 Å². The van der Waals surface area contributed by atoms with Crippen molar-refractivity contribution in [1.29, 1.82) is 0 Å². The Balaban J connectivity index is 2.42. The first kappa shape index (κ1) is 5.69. The minimum Gasteiger partial charge on any atom is -0.619 e. The van der Waals surface area contributed by atoms with Crippen molar-refractivity contribution in [3.63, 3.8) is 0 Å². The van der Waals surface area contributed by atoms with Crippen LogP contribution in [0.15, 0.2) is 11.8 Å². The smallest absolute Gasteiger partial charge is 0.180 e. The average molecular weight is 129 g/mol. The van der Waals surface area contributed by atoms with E-state index < -0.39 is 0 Å². The second-order valence-electron chi connectivity index (χ2n) is 1.70. The molecule has 0 unspecified atom stereocenters. The molecule has 0 amide bonds. The molecule has 3 heteroatoms. The van der Waals surface area contributed by atoms with Crippen molar-refractivity contribution in [2.24, 2.45) is 0 Å². The van der Waals surface area contributed by atoms with E-state index in [-0.39, 0.29) is 0 Å². The maximum atomic E-state index is 10.2. The minimum atomic E-state index is 0.606. The molecule has 0 bridgehead atoms. The Labute approximate surface area is 52.5 Å². The first-order valence-corrected chi connectivity index (χ1v) is 3.48. The van der Waals surface area contributed by atoms with Gasteiger partial charge in [0.15, 0.2) is 6.20 Å². The molecule has 0 aromatic carbocycles. The third-order valence-corrected chi connectivity index (χ3v) is 2.05. The summed E-state index contributed by atoms with van der Waals surface area (Å²) in [5, 5.41) is 10.2. The van der Waals surface area contributed by atoms with Crippen molar-refractivity contribution in [3.8, 4) is 0 Å². The lowest BCUT2D eigenvalue weighted by atomic mass is 10.4. The summed E-state index contributed by atoms with van der Waals surface area (Å²) in [5.41, 5.74) is 1.19. The lowest BCUT2D eigenvalue weighted by Crippen LogP contribution is -2.06. The Morgan fingerprint density at radius 3 is 2.50 bits per heavy atom. The number of hydrogen-bond donors (Lipinski definition) is 0.